The van der Waals surface area contributed by atoms with Crippen LogP contribution in [0.5, 0.6) is 0 Å². The topological polar surface area (TPSA) is 26.8 Å². The summed E-state index contributed by atoms with van der Waals surface area (Å²) in [5, 5.41) is 0. The Kier molecular flexibility index (Phi) is 7.89. The van der Waals surface area contributed by atoms with Gasteiger partial charge in [0.05, 0.1) is 0 Å². The molecule has 1 N–H and O–H groups in total. The number of nitrogens with one attached hydrogen (secondary N) is 1. The molecule has 1 aliphatic heterocycles. The minimum atomic E-state index is 0.569. The third kappa shape index (κ3) is 8.99. The third-order valence-corrected chi connectivity index (χ3v) is 0.968. The van der Waals surface area contributed by atoms with E-state index >= 15 is 0 Å². The minimum Gasteiger partial charge on any atom is -0.676 e. The summed E-state index contributed by atoms with van der Waals surface area (Å²) in [4.78, 5) is 2.24. The van der Waals surface area contributed by atoms with E-state index in [2.05, 4.69) is 4.90 Å². The Balaban J connectivity index is 0.000000187. The van der Waals surface area contributed by atoms with Gasteiger partial charge in [0.25, 0.3) is 0 Å². The van der Waals surface area contributed by atoms with Crippen molar-refractivity contribution < 1.29 is 12.7 Å². The molecule has 58 valence electrons. The molecule has 1 fully saturated rings. The van der Waals surface area contributed by atoms with E-state index in [1.54, 1.807) is 0 Å². The van der Waals surface area contributed by atoms with Gasteiger partial charge in [-0.15, -0.1) is 6.54 Å². The molecule has 0 amide bonds. The SMILES string of the molecule is [Cl][Ni+2][Cl].[NH-]CCN1CC1. The van der Waals surface area contributed by atoms with Gasteiger partial charge < -0.3 is 10.6 Å². The van der Waals surface area contributed by atoms with E-state index in [1.807, 2.05) is 0 Å². The largest absolute Gasteiger partial charge is 0.676 e. The fourth-order valence-corrected chi connectivity index (χ4v) is 0.452. The molecule has 1 heterocycles. The van der Waals surface area contributed by atoms with Gasteiger partial charge in [-0.2, -0.15) is 0 Å². The number of halogens is 2. The Morgan fingerprint density at radius 3 is 2.00 bits per heavy atom. The first-order chi connectivity index (χ1) is 4.35. The van der Waals surface area contributed by atoms with Crippen LogP contribution in [0, 0.1) is 0 Å². The van der Waals surface area contributed by atoms with Gasteiger partial charge in [-0.3, -0.25) is 0 Å². The maximum absolute atomic E-state index is 6.73. The average Bonchev–Trinajstić information content (AvgIpc) is 2.53. The smallest absolute Gasteiger partial charge is 0.0109 e. The molecule has 1 aliphatic rings. The molecule has 0 unspecified atom stereocenters. The number of rotatable bonds is 2. The van der Waals surface area contributed by atoms with Crippen molar-refractivity contribution >= 4 is 20.4 Å². The van der Waals surface area contributed by atoms with Gasteiger partial charge in [-0.25, -0.2) is 0 Å². The Bertz CT molecular complexity index is 60.5. The first-order valence-electron chi connectivity index (χ1n) is 2.54. The molecule has 0 radical (unpaired) electrons. The molecule has 2 nitrogen and oxygen atoms in total. The summed E-state index contributed by atoms with van der Waals surface area (Å²) in [6, 6.07) is 0. The van der Waals surface area contributed by atoms with Gasteiger partial charge in [-0.1, -0.05) is 0 Å². The predicted octanol–water partition coefficient (Wildman–Crippen LogP) is 1.73. The molecule has 0 aromatic heterocycles. The average molecular weight is 215 g/mol. The minimum absolute atomic E-state index is 0.569. The van der Waals surface area contributed by atoms with Crippen molar-refractivity contribution in [3.8, 4) is 0 Å². The molecule has 0 aromatic carbocycles. The molecule has 0 bridgehead atoms. The van der Waals surface area contributed by atoms with Crippen LogP contribution in [0.3, 0.4) is 0 Å². The first kappa shape index (κ1) is 9.99. The molecule has 0 aromatic rings. The van der Waals surface area contributed by atoms with Crippen molar-refractivity contribution in [2.75, 3.05) is 26.2 Å². The van der Waals surface area contributed by atoms with Crippen LogP contribution in [0.4, 0.5) is 0 Å². The van der Waals surface area contributed by atoms with Crippen molar-refractivity contribution in [1.82, 2.24) is 4.90 Å². The van der Waals surface area contributed by atoms with E-state index in [-0.39, 0.29) is 0 Å². The van der Waals surface area contributed by atoms with Crippen LogP contribution >= 0.6 is 20.4 Å². The zero-order chi connectivity index (χ0) is 7.11. The van der Waals surface area contributed by atoms with Gasteiger partial charge in [0.1, 0.15) is 0 Å². The predicted molar refractivity (Wildman–Crippen MR) is 37.3 cm³/mol. The Morgan fingerprint density at radius 2 is 1.89 bits per heavy atom. The van der Waals surface area contributed by atoms with E-state index in [0.29, 0.717) is 19.2 Å². The second kappa shape index (κ2) is 7.10. The van der Waals surface area contributed by atoms with Gasteiger partial charge in [0.15, 0.2) is 0 Å². The van der Waals surface area contributed by atoms with Crippen molar-refractivity contribution in [2.45, 2.75) is 0 Å². The molecular weight excluding hydrogens is 206 g/mol. The van der Waals surface area contributed by atoms with Crippen LogP contribution < -0.4 is 0 Å². The third-order valence-electron chi connectivity index (χ3n) is 0.968. The van der Waals surface area contributed by atoms with Crippen LogP contribution in [0.2, 0.25) is 0 Å². The Labute approximate surface area is 70.0 Å². The molecule has 0 atom stereocenters. The summed E-state index contributed by atoms with van der Waals surface area (Å²) in [5.41, 5.74) is 6.73. The standard InChI is InChI=1S/C4H9N2.2ClH.Ni/c5-1-2-6-3-4-6;;;/h5H,1-4H2;2*1H;/q-1;;;+4/p-2. The fourth-order valence-electron chi connectivity index (χ4n) is 0.452. The second-order valence-electron chi connectivity index (χ2n) is 1.64. The fraction of sp³-hybridized carbons (Fsp3) is 1.00. The summed E-state index contributed by atoms with van der Waals surface area (Å²) in [5.74, 6) is 0. The van der Waals surface area contributed by atoms with E-state index in [4.69, 9.17) is 26.1 Å². The van der Waals surface area contributed by atoms with E-state index in [9.17, 15) is 0 Å². The number of hydrogen-bond donors (Lipinski definition) is 0. The quantitative estimate of drug-likeness (QED) is 0.508. The first-order valence-corrected chi connectivity index (χ1v) is 5.26. The van der Waals surface area contributed by atoms with Crippen LogP contribution in [0.1, 0.15) is 0 Å². The van der Waals surface area contributed by atoms with Gasteiger partial charge >= 0.3 is 33.0 Å². The normalized spacial score (nSPS) is 16.8. The monoisotopic (exact) mass is 213 g/mol. The summed E-state index contributed by atoms with van der Waals surface area (Å²) in [6.45, 7) is 4.03. The molecular formula is C4H9Cl2N2Ni+. The molecule has 0 aliphatic carbocycles. The van der Waals surface area contributed by atoms with Gasteiger partial charge in [0, 0.05) is 13.1 Å². The molecule has 1 rings (SSSR count). The van der Waals surface area contributed by atoms with Crippen LogP contribution in [0.15, 0.2) is 0 Å². The molecule has 0 saturated carbocycles. The van der Waals surface area contributed by atoms with E-state index in [0.717, 1.165) is 6.54 Å². The van der Waals surface area contributed by atoms with Gasteiger partial charge in [-0.05, 0) is 6.54 Å². The van der Waals surface area contributed by atoms with E-state index < -0.39 is 0 Å². The second-order valence-corrected chi connectivity index (χ2v) is 3.27. The van der Waals surface area contributed by atoms with Crippen molar-refractivity contribution in [3.63, 3.8) is 0 Å². The summed E-state index contributed by atoms with van der Waals surface area (Å²) >= 11 is 0.569. The van der Waals surface area contributed by atoms with Crippen molar-refractivity contribution in [2.24, 2.45) is 0 Å². The maximum atomic E-state index is 6.73. The zero-order valence-corrected chi connectivity index (χ0v) is 7.35. The molecule has 1 saturated heterocycles. The Morgan fingerprint density at radius 1 is 1.44 bits per heavy atom. The molecule has 0 spiro atoms. The van der Waals surface area contributed by atoms with Crippen LogP contribution in [-0.4, -0.2) is 31.1 Å². The number of nitrogens with zero attached hydrogens (tertiary/aromatic N) is 1. The molecule has 5 heteroatoms. The van der Waals surface area contributed by atoms with Crippen molar-refractivity contribution in [1.29, 1.82) is 0 Å². The maximum Gasteiger partial charge on any atom is 0.0109 e. The van der Waals surface area contributed by atoms with Crippen molar-refractivity contribution in [3.05, 3.63) is 5.73 Å². The number of hydrogen-bond acceptors (Lipinski definition) is 1. The van der Waals surface area contributed by atoms with Gasteiger partial charge in [0.2, 0.25) is 0 Å². The zero-order valence-electron chi connectivity index (χ0n) is 4.85. The molecule has 9 heavy (non-hydrogen) atoms. The summed E-state index contributed by atoms with van der Waals surface area (Å²) in [7, 11) is 9.40. The van der Waals surface area contributed by atoms with Crippen LogP contribution in [0.25, 0.3) is 5.73 Å². The summed E-state index contributed by atoms with van der Waals surface area (Å²) < 4.78 is 0. The van der Waals surface area contributed by atoms with E-state index in [1.165, 1.54) is 13.1 Å². The Hall–Kier alpha value is 0.994. The van der Waals surface area contributed by atoms with Crippen LogP contribution in [-0.2, 0) is 12.7 Å². The summed E-state index contributed by atoms with van der Waals surface area (Å²) in [6.07, 6.45) is 0.